The molecular formula is C20H28N2O6S. The van der Waals surface area contributed by atoms with Gasteiger partial charge in [-0.25, -0.2) is 18.0 Å². The van der Waals surface area contributed by atoms with Gasteiger partial charge in [-0.3, -0.25) is 5.32 Å². The van der Waals surface area contributed by atoms with Crippen LogP contribution in [0.4, 0.5) is 15.3 Å². The minimum absolute atomic E-state index is 0.218. The maximum Gasteiger partial charge on any atom is 0.411 e. The zero-order valence-corrected chi connectivity index (χ0v) is 18.0. The number of hydrogen-bond donors (Lipinski definition) is 1. The van der Waals surface area contributed by atoms with Crippen molar-refractivity contribution in [3.05, 3.63) is 23.8 Å². The number of benzene rings is 1. The second-order valence-electron chi connectivity index (χ2n) is 8.45. The molecular weight excluding hydrogens is 396 g/mol. The Kier molecular flexibility index (Phi) is 5.80. The molecule has 0 bridgehead atoms. The highest BCUT2D eigenvalue weighted by Gasteiger charge is 2.41. The number of sulfone groups is 1. The van der Waals surface area contributed by atoms with Crippen LogP contribution >= 0.6 is 0 Å². The van der Waals surface area contributed by atoms with Crippen molar-refractivity contribution in [3.8, 4) is 0 Å². The number of amides is 2. The monoisotopic (exact) mass is 424 g/mol. The summed E-state index contributed by atoms with van der Waals surface area (Å²) in [5, 5.41) is 2.19. The summed E-state index contributed by atoms with van der Waals surface area (Å²) in [6.07, 6.45) is 1.52. The topological polar surface area (TPSA) is 102 Å². The van der Waals surface area contributed by atoms with E-state index in [9.17, 15) is 18.0 Å². The molecule has 0 aromatic heterocycles. The van der Waals surface area contributed by atoms with Gasteiger partial charge in [0.25, 0.3) is 0 Å². The van der Waals surface area contributed by atoms with Gasteiger partial charge in [-0.1, -0.05) is 0 Å². The first-order chi connectivity index (χ1) is 13.5. The van der Waals surface area contributed by atoms with Crippen LogP contribution in [0, 0.1) is 0 Å². The summed E-state index contributed by atoms with van der Waals surface area (Å²) in [6, 6.07) is 4.25. The lowest BCUT2D eigenvalue weighted by Crippen LogP contribution is -2.36. The van der Waals surface area contributed by atoms with Crippen LogP contribution in [-0.4, -0.2) is 50.0 Å². The van der Waals surface area contributed by atoms with Gasteiger partial charge in [0.05, 0.1) is 23.3 Å². The summed E-state index contributed by atoms with van der Waals surface area (Å²) in [6.45, 7) is 5.86. The molecule has 1 aromatic rings. The molecule has 1 N–H and O–H groups in total. The van der Waals surface area contributed by atoms with Gasteiger partial charge < -0.3 is 14.4 Å². The maximum atomic E-state index is 13.0. The second kappa shape index (κ2) is 7.85. The van der Waals surface area contributed by atoms with E-state index in [1.165, 1.54) is 13.2 Å². The first kappa shape index (κ1) is 21.4. The molecule has 29 heavy (non-hydrogen) atoms. The number of nitrogens with one attached hydrogen (secondary N) is 1. The minimum atomic E-state index is -3.49. The highest BCUT2D eigenvalue weighted by atomic mass is 32.2. The summed E-state index contributed by atoms with van der Waals surface area (Å²) < 4.78 is 36.2. The molecule has 0 radical (unpaired) electrons. The summed E-state index contributed by atoms with van der Waals surface area (Å²) in [5.74, 6) is 0. The number of carbonyl (C=O) groups is 2. The molecule has 9 heteroatoms. The molecule has 1 heterocycles. The second-order valence-corrected chi connectivity index (χ2v) is 10.6. The Labute approximate surface area is 171 Å². The lowest BCUT2D eigenvalue weighted by atomic mass is 10.0. The average Bonchev–Trinajstić information content (AvgIpc) is 3.38. The Morgan fingerprint density at radius 2 is 1.86 bits per heavy atom. The van der Waals surface area contributed by atoms with E-state index in [0.29, 0.717) is 37.1 Å². The molecule has 1 atom stereocenters. The van der Waals surface area contributed by atoms with Crippen molar-refractivity contribution in [2.75, 3.05) is 19.0 Å². The molecule has 0 spiro atoms. The van der Waals surface area contributed by atoms with Crippen molar-refractivity contribution < 1.29 is 27.5 Å². The highest BCUT2D eigenvalue weighted by Crippen LogP contribution is 2.42. The molecule has 0 unspecified atom stereocenters. The van der Waals surface area contributed by atoms with Crippen molar-refractivity contribution in [2.24, 2.45) is 0 Å². The van der Waals surface area contributed by atoms with Crippen LogP contribution in [0.1, 0.15) is 58.1 Å². The number of nitrogens with zero attached hydrogens (tertiary/aromatic N) is 1. The van der Waals surface area contributed by atoms with Crippen molar-refractivity contribution in [2.45, 2.75) is 68.2 Å². The minimum Gasteiger partial charge on any atom is -0.453 e. The molecule has 2 fully saturated rings. The van der Waals surface area contributed by atoms with Crippen LogP contribution in [-0.2, 0) is 19.3 Å². The van der Waals surface area contributed by atoms with E-state index >= 15 is 0 Å². The third kappa shape index (κ3) is 4.83. The first-order valence-electron chi connectivity index (χ1n) is 9.75. The Bertz CT molecular complexity index is 902. The van der Waals surface area contributed by atoms with Gasteiger partial charge in [0.2, 0.25) is 0 Å². The lowest BCUT2D eigenvalue weighted by Gasteiger charge is -2.30. The molecule has 1 saturated heterocycles. The van der Waals surface area contributed by atoms with Gasteiger partial charge in [-0.15, -0.1) is 0 Å². The van der Waals surface area contributed by atoms with E-state index in [1.807, 2.05) is 0 Å². The van der Waals surface area contributed by atoms with E-state index in [-0.39, 0.29) is 10.1 Å². The molecule has 8 nitrogen and oxygen atoms in total. The molecule has 160 valence electrons. The molecule has 1 saturated carbocycles. The first-order valence-corrected chi connectivity index (χ1v) is 11.3. The molecule has 1 aliphatic heterocycles. The molecule has 3 rings (SSSR count). The van der Waals surface area contributed by atoms with Crippen LogP contribution in [0.15, 0.2) is 23.1 Å². The number of anilines is 1. The van der Waals surface area contributed by atoms with Gasteiger partial charge in [-0.05, 0) is 70.2 Å². The molecule has 2 amide bonds. The lowest BCUT2D eigenvalue weighted by molar-refractivity contribution is 0.0222. The number of methoxy groups -OCH3 is 1. The van der Waals surface area contributed by atoms with E-state index in [2.05, 4.69) is 10.1 Å². The summed E-state index contributed by atoms with van der Waals surface area (Å²) in [7, 11) is -2.24. The number of ether oxygens (including phenoxy) is 2. The SMILES string of the molecule is COC(=O)Nc1ccc(S(=O)(=O)C2CC2)c([C@H]2CCCN2C(=O)OC(C)(C)C)c1. The zero-order chi connectivity index (χ0) is 21.4. The summed E-state index contributed by atoms with van der Waals surface area (Å²) >= 11 is 0. The van der Waals surface area contributed by atoms with Crippen LogP contribution in [0.3, 0.4) is 0 Å². The predicted octanol–water partition coefficient (Wildman–Crippen LogP) is 3.87. The van der Waals surface area contributed by atoms with E-state index in [4.69, 9.17) is 4.74 Å². The number of rotatable bonds is 4. The van der Waals surface area contributed by atoms with Crippen LogP contribution < -0.4 is 5.32 Å². The number of carbonyl (C=O) groups excluding carboxylic acids is 2. The summed E-state index contributed by atoms with van der Waals surface area (Å²) in [4.78, 5) is 26.1. The summed E-state index contributed by atoms with van der Waals surface area (Å²) in [5.41, 5.74) is 0.272. The third-order valence-corrected chi connectivity index (χ3v) is 7.29. The smallest absolute Gasteiger partial charge is 0.411 e. The fourth-order valence-corrected chi connectivity index (χ4v) is 5.40. The Morgan fingerprint density at radius 1 is 1.17 bits per heavy atom. The van der Waals surface area contributed by atoms with Crippen LogP contribution in [0.2, 0.25) is 0 Å². The molecule has 2 aliphatic rings. The largest absolute Gasteiger partial charge is 0.453 e. The fraction of sp³-hybridized carbons (Fsp3) is 0.600. The van der Waals surface area contributed by atoms with E-state index in [0.717, 1.165) is 6.42 Å². The van der Waals surface area contributed by atoms with Gasteiger partial charge in [0.15, 0.2) is 9.84 Å². The van der Waals surface area contributed by atoms with Gasteiger partial charge in [0.1, 0.15) is 5.60 Å². The maximum absolute atomic E-state index is 13.0. The molecule has 1 aromatic carbocycles. The number of hydrogen-bond acceptors (Lipinski definition) is 6. The van der Waals surface area contributed by atoms with Crippen molar-refractivity contribution in [1.82, 2.24) is 4.90 Å². The normalized spacial score (nSPS) is 19.7. The van der Waals surface area contributed by atoms with Crippen LogP contribution in [0.5, 0.6) is 0 Å². The Balaban J connectivity index is 2.01. The van der Waals surface area contributed by atoms with E-state index in [1.54, 1.807) is 37.8 Å². The van der Waals surface area contributed by atoms with Gasteiger partial charge >= 0.3 is 12.2 Å². The zero-order valence-electron chi connectivity index (χ0n) is 17.2. The Morgan fingerprint density at radius 3 is 2.45 bits per heavy atom. The average molecular weight is 425 g/mol. The quantitative estimate of drug-likeness (QED) is 0.787. The van der Waals surface area contributed by atoms with Crippen molar-refractivity contribution in [3.63, 3.8) is 0 Å². The molecule has 1 aliphatic carbocycles. The highest BCUT2D eigenvalue weighted by molar-refractivity contribution is 7.92. The number of likely N-dealkylation sites (tertiary alicyclic amines) is 1. The van der Waals surface area contributed by atoms with Crippen LogP contribution in [0.25, 0.3) is 0 Å². The predicted molar refractivity (Wildman–Crippen MR) is 108 cm³/mol. The third-order valence-electron chi connectivity index (χ3n) is 4.95. The van der Waals surface area contributed by atoms with E-state index < -0.39 is 33.7 Å². The fourth-order valence-electron chi connectivity index (χ4n) is 3.50. The van der Waals surface area contributed by atoms with Crippen molar-refractivity contribution in [1.29, 1.82) is 0 Å². The van der Waals surface area contributed by atoms with Crippen molar-refractivity contribution >= 4 is 27.7 Å². The van der Waals surface area contributed by atoms with Gasteiger partial charge in [-0.2, -0.15) is 0 Å². The van der Waals surface area contributed by atoms with Gasteiger partial charge in [0, 0.05) is 12.2 Å². The standard InChI is InChI=1S/C20H28N2O6S/c1-20(2,3)28-19(24)22-11-5-6-16(22)15-12-13(21-18(23)27-4)7-10-17(15)29(25,26)14-8-9-14/h7,10,12,14,16H,5-6,8-9,11H2,1-4H3,(H,21,23)/t16-/m1/s1. The Hall–Kier alpha value is -2.29.